The van der Waals surface area contributed by atoms with E-state index in [0.29, 0.717) is 6.42 Å². The molecule has 0 saturated carbocycles. The van der Waals surface area contributed by atoms with E-state index in [4.69, 9.17) is 9.47 Å². The van der Waals surface area contributed by atoms with Gasteiger partial charge in [0, 0.05) is 18.5 Å². The molecule has 0 amide bonds. The van der Waals surface area contributed by atoms with Crippen LogP contribution in [0.4, 0.5) is 0 Å². The van der Waals surface area contributed by atoms with E-state index in [0.717, 1.165) is 31.0 Å². The Kier molecular flexibility index (Phi) is 2.89. The van der Waals surface area contributed by atoms with Gasteiger partial charge in [0.25, 0.3) is 0 Å². The van der Waals surface area contributed by atoms with Crippen LogP contribution in [0.15, 0.2) is 18.2 Å². The summed E-state index contributed by atoms with van der Waals surface area (Å²) >= 11 is 0. The number of carbonyl (C=O) groups excluding carboxylic acids is 1. The molecule has 2 heterocycles. The molecule has 0 N–H and O–H groups in total. The number of hydrogen-bond donors (Lipinski definition) is 0. The normalized spacial score (nSPS) is 29.6. The van der Waals surface area contributed by atoms with Gasteiger partial charge in [-0.3, -0.25) is 4.79 Å². The van der Waals surface area contributed by atoms with E-state index < -0.39 is 0 Å². The molecule has 22 heavy (non-hydrogen) atoms. The first kappa shape index (κ1) is 13.8. The van der Waals surface area contributed by atoms with E-state index in [2.05, 4.69) is 31.0 Å². The molecule has 2 aliphatic heterocycles. The van der Waals surface area contributed by atoms with Crippen LogP contribution in [-0.4, -0.2) is 37.5 Å². The molecule has 0 unspecified atom stereocenters. The third-order valence-corrected chi connectivity index (χ3v) is 5.38. The van der Waals surface area contributed by atoms with E-state index >= 15 is 0 Å². The third-order valence-electron chi connectivity index (χ3n) is 5.38. The second kappa shape index (κ2) is 4.59. The molecule has 0 fully saturated rings. The minimum atomic E-state index is -0.178. The minimum absolute atomic E-state index is 0.0963. The number of rotatable bonds is 1. The highest BCUT2D eigenvalue weighted by molar-refractivity contribution is 5.92. The highest BCUT2D eigenvalue weighted by atomic mass is 16.5. The van der Waals surface area contributed by atoms with Crippen molar-refractivity contribution in [1.29, 1.82) is 0 Å². The highest BCUT2D eigenvalue weighted by Gasteiger charge is 2.53. The van der Waals surface area contributed by atoms with E-state index in [1.807, 2.05) is 0 Å². The van der Waals surface area contributed by atoms with E-state index in [1.165, 1.54) is 16.7 Å². The van der Waals surface area contributed by atoms with Crippen molar-refractivity contribution in [3.63, 3.8) is 0 Å². The molecule has 4 nitrogen and oxygen atoms in total. The fourth-order valence-corrected chi connectivity index (χ4v) is 4.18. The van der Waals surface area contributed by atoms with Gasteiger partial charge in [0.2, 0.25) is 0 Å². The van der Waals surface area contributed by atoms with Crippen LogP contribution in [0, 0.1) is 6.92 Å². The molecule has 4 rings (SSSR count). The number of ketones is 1. The molecule has 116 valence electrons. The molecule has 0 bridgehead atoms. The molecular formula is C18H21NO3. The van der Waals surface area contributed by atoms with Crippen LogP contribution in [0.3, 0.4) is 0 Å². The van der Waals surface area contributed by atoms with Gasteiger partial charge >= 0.3 is 0 Å². The van der Waals surface area contributed by atoms with Crippen molar-refractivity contribution >= 4 is 5.78 Å². The summed E-state index contributed by atoms with van der Waals surface area (Å²) in [6.07, 6.45) is 5.18. The van der Waals surface area contributed by atoms with Crippen LogP contribution in [0.25, 0.3) is 0 Å². The minimum Gasteiger partial charge on any atom is -0.493 e. The summed E-state index contributed by atoms with van der Waals surface area (Å²) in [5.41, 5.74) is 3.64. The predicted octanol–water partition coefficient (Wildman–Crippen LogP) is 2.37. The van der Waals surface area contributed by atoms with Crippen LogP contribution < -0.4 is 9.47 Å². The monoisotopic (exact) mass is 299 g/mol. The molecule has 2 atom stereocenters. The van der Waals surface area contributed by atoms with Crippen LogP contribution in [0.1, 0.15) is 29.5 Å². The Labute approximate surface area is 130 Å². The zero-order valence-electron chi connectivity index (χ0n) is 13.3. The number of aryl methyl sites for hydroxylation is 1. The van der Waals surface area contributed by atoms with Crippen LogP contribution in [0.5, 0.6) is 11.5 Å². The van der Waals surface area contributed by atoms with Gasteiger partial charge in [0.15, 0.2) is 17.3 Å². The second-order valence-corrected chi connectivity index (χ2v) is 6.72. The Bertz CT molecular complexity index is 694. The lowest BCUT2D eigenvalue weighted by Crippen LogP contribution is -2.41. The quantitative estimate of drug-likeness (QED) is 0.798. The maximum Gasteiger partial charge on any atom is 0.166 e. The van der Waals surface area contributed by atoms with Crippen molar-refractivity contribution in [2.24, 2.45) is 0 Å². The Morgan fingerprint density at radius 2 is 2.27 bits per heavy atom. The first-order valence-corrected chi connectivity index (χ1v) is 7.83. The summed E-state index contributed by atoms with van der Waals surface area (Å²) in [5, 5.41) is 0. The average molecular weight is 299 g/mol. The summed E-state index contributed by atoms with van der Waals surface area (Å²) in [4.78, 5) is 14.2. The summed E-state index contributed by atoms with van der Waals surface area (Å²) < 4.78 is 11.8. The molecular weight excluding hydrogens is 278 g/mol. The molecule has 0 radical (unpaired) electrons. The first-order chi connectivity index (χ1) is 10.5. The molecule has 0 saturated heterocycles. The van der Waals surface area contributed by atoms with Gasteiger partial charge in [-0.2, -0.15) is 0 Å². The van der Waals surface area contributed by atoms with E-state index in [9.17, 15) is 4.79 Å². The molecule has 0 aromatic heterocycles. The van der Waals surface area contributed by atoms with Gasteiger partial charge in [-0.15, -0.1) is 0 Å². The SMILES string of the molecule is COc1cc(C)c2c3c1O[C@H]1CC(=O)C=C[C@]31CCN(C)C2. The Hall–Kier alpha value is -1.81. The number of hydrogen-bond acceptors (Lipinski definition) is 4. The summed E-state index contributed by atoms with van der Waals surface area (Å²) in [5.74, 6) is 1.79. The van der Waals surface area contributed by atoms with Gasteiger partial charge in [0.1, 0.15) is 6.10 Å². The fourth-order valence-electron chi connectivity index (χ4n) is 4.18. The Morgan fingerprint density at radius 1 is 1.45 bits per heavy atom. The zero-order valence-corrected chi connectivity index (χ0v) is 13.3. The van der Waals surface area contributed by atoms with Gasteiger partial charge in [-0.1, -0.05) is 6.08 Å². The molecule has 1 spiro atoms. The first-order valence-electron chi connectivity index (χ1n) is 7.83. The molecule has 1 aliphatic carbocycles. The smallest absolute Gasteiger partial charge is 0.166 e. The lowest BCUT2D eigenvalue weighted by molar-refractivity contribution is -0.117. The van der Waals surface area contributed by atoms with Crippen molar-refractivity contribution in [3.8, 4) is 11.5 Å². The fraction of sp³-hybridized carbons (Fsp3) is 0.500. The van der Waals surface area contributed by atoms with Gasteiger partial charge in [-0.05, 0) is 50.2 Å². The van der Waals surface area contributed by atoms with E-state index in [1.54, 1.807) is 13.2 Å². The van der Waals surface area contributed by atoms with Gasteiger partial charge in [-0.25, -0.2) is 0 Å². The standard InChI is InChI=1S/C18H21NO3/c1-11-8-14(21-3)17-16-13(11)10-19(2)7-6-18(16)5-4-12(20)9-15(18)22-17/h4-5,8,15H,6-7,9-10H2,1-3H3/t15-,18+/m0/s1. The topological polar surface area (TPSA) is 38.8 Å². The number of nitrogens with zero attached hydrogens (tertiary/aromatic N) is 1. The Balaban J connectivity index is 2.02. The van der Waals surface area contributed by atoms with Crippen molar-refractivity contribution in [2.45, 2.75) is 37.8 Å². The number of allylic oxidation sites excluding steroid dienone is 1. The number of benzene rings is 1. The summed E-state index contributed by atoms with van der Waals surface area (Å²) in [7, 11) is 3.83. The third kappa shape index (κ3) is 1.70. The lowest BCUT2D eigenvalue weighted by atomic mass is 9.69. The van der Waals surface area contributed by atoms with Gasteiger partial charge < -0.3 is 14.4 Å². The largest absolute Gasteiger partial charge is 0.493 e. The Morgan fingerprint density at radius 3 is 3.05 bits per heavy atom. The molecule has 1 aromatic carbocycles. The molecule has 1 aromatic rings. The van der Waals surface area contributed by atoms with Crippen molar-refractivity contribution in [3.05, 3.63) is 34.9 Å². The maximum atomic E-state index is 11.9. The highest BCUT2D eigenvalue weighted by Crippen LogP contribution is 2.56. The number of ether oxygens (including phenoxy) is 2. The molecule has 4 heteroatoms. The maximum absolute atomic E-state index is 11.9. The van der Waals surface area contributed by atoms with Crippen LogP contribution >= 0.6 is 0 Å². The second-order valence-electron chi connectivity index (χ2n) is 6.72. The molecule has 3 aliphatic rings. The summed E-state index contributed by atoms with van der Waals surface area (Å²) in [6.45, 7) is 4.04. The predicted molar refractivity (Wildman–Crippen MR) is 83.5 cm³/mol. The number of methoxy groups -OCH3 is 1. The van der Waals surface area contributed by atoms with Crippen LogP contribution in [0.2, 0.25) is 0 Å². The van der Waals surface area contributed by atoms with Crippen LogP contribution in [-0.2, 0) is 16.8 Å². The van der Waals surface area contributed by atoms with Gasteiger partial charge in [0.05, 0.1) is 12.5 Å². The number of carbonyl (C=O) groups is 1. The van der Waals surface area contributed by atoms with Crippen molar-refractivity contribution < 1.29 is 14.3 Å². The van der Waals surface area contributed by atoms with Crippen molar-refractivity contribution in [2.75, 3.05) is 20.7 Å². The summed E-state index contributed by atoms with van der Waals surface area (Å²) in [6, 6.07) is 2.06. The average Bonchev–Trinajstić information content (AvgIpc) is 2.74. The van der Waals surface area contributed by atoms with Crippen molar-refractivity contribution in [1.82, 2.24) is 4.90 Å². The lowest BCUT2D eigenvalue weighted by Gasteiger charge is -2.33. The zero-order chi connectivity index (χ0) is 15.5. The van der Waals surface area contributed by atoms with E-state index in [-0.39, 0.29) is 17.3 Å².